The molecule has 1 aliphatic heterocycles. The van der Waals surface area contributed by atoms with Crippen LogP contribution in [0.4, 0.5) is 11.4 Å². The maximum Gasteiger partial charge on any atom is 0.258 e. The van der Waals surface area contributed by atoms with Crippen LogP contribution >= 0.6 is 0 Å². The number of nitrogens with two attached hydrogens (primary N) is 1. The fourth-order valence-electron chi connectivity index (χ4n) is 3.05. The Bertz CT molecular complexity index is 827. The molecule has 24 heavy (non-hydrogen) atoms. The van der Waals surface area contributed by atoms with Crippen molar-refractivity contribution in [1.82, 2.24) is 0 Å². The molecule has 0 aromatic heterocycles. The van der Waals surface area contributed by atoms with E-state index < -0.39 is 5.54 Å². The van der Waals surface area contributed by atoms with Crippen LogP contribution in [-0.4, -0.2) is 23.9 Å². The van der Waals surface area contributed by atoms with Crippen LogP contribution in [0, 0.1) is 0 Å². The van der Waals surface area contributed by atoms with Crippen LogP contribution in [-0.2, 0) is 11.2 Å². The SMILES string of the molecule is NC1(C(=O)Nc2cccc(C(=O)N3CCc4ccccc43)c2)CC1. The highest BCUT2D eigenvalue weighted by molar-refractivity contribution is 6.08. The Labute approximate surface area is 140 Å². The van der Waals surface area contributed by atoms with Gasteiger partial charge in [-0.1, -0.05) is 24.3 Å². The average Bonchev–Trinajstić information content (AvgIpc) is 3.21. The second kappa shape index (κ2) is 5.46. The van der Waals surface area contributed by atoms with Gasteiger partial charge in [-0.3, -0.25) is 9.59 Å². The first-order chi connectivity index (χ1) is 11.6. The summed E-state index contributed by atoms with van der Waals surface area (Å²) in [5.74, 6) is -0.233. The molecule has 3 N–H and O–H groups in total. The number of carbonyl (C=O) groups excluding carboxylic acids is 2. The fraction of sp³-hybridized carbons (Fsp3) is 0.263. The van der Waals surface area contributed by atoms with E-state index >= 15 is 0 Å². The van der Waals surface area contributed by atoms with Gasteiger partial charge in [-0.2, -0.15) is 0 Å². The minimum Gasteiger partial charge on any atom is -0.324 e. The van der Waals surface area contributed by atoms with Gasteiger partial charge in [0.15, 0.2) is 0 Å². The van der Waals surface area contributed by atoms with Crippen LogP contribution < -0.4 is 16.0 Å². The maximum absolute atomic E-state index is 12.8. The van der Waals surface area contributed by atoms with Gasteiger partial charge >= 0.3 is 0 Å². The molecular weight excluding hydrogens is 302 g/mol. The van der Waals surface area contributed by atoms with Crippen molar-refractivity contribution in [2.24, 2.45) is 5.73 Å². The van der Waals surface area contributed by atoms with Crippen molar-refractivity contribution in [3.05, 3.63) is 59.7 Å². The first kappa shape index (κ1) is 14.9. The Balaban J connectivity index is 1.55. The molecule has 2 aromatic carbocycles. The number of nitrogens with one attached hydrogen (secondary N) is 1. The van der Waals surface area contributed by atoms with Gasteiger partial charge in [0.2, 0.25) is 5.91 Å². The summed E-state index contributed by atoms with van der Waals surface area (Å²) in [6.45, 7) is 0.681. The highest BCUT2D eigenvalue weighted by Crippen LogP contribution is 2.33. The van der Waals surface area contributed by atoms with Gasteiger partial charge in [0.25, 0.3) is 5.91 Å². The third-order valence-corrected chi connectivity index (χ3v) is 4.74. The molecule has 4 rings (SSSR count). The molecule has 122 valence electrons. The quantitative estimate of drug-likeness (QED) is 0.911. The lowest BCUT2D eigenvalue weighted by atomic mass is 10.1. The van der Waals surface area contributed by atoms with E-state index in [9.17, 15) is 9.59 Å². The Kier molecular flexibility index (Phi) is 3.39. The number of hydrogen-bond acceptors (Lipinski definition) is 3. The molecule has 2 aliphatic rings. The molecule has 0 saturated heterocycles. The van der Waals surface area contributed by atoms with Gasteiger partial charge in [0, 0.05) is 23.5 Å². The van der Waals surface area contributed by atoms with Crippen LogP contribution in [0.5, 0.6) is 0 Å². The highest BCUT2D eigenvalue weighted by Gasteiger charge is 2.45. The van der Waals surface area contributed by atoms with Gasteiger partial charge in [0.1, 0.15) is 0 Å². The Morgan fingerprint density at radius 2 is 1.88 bits per heavy atom. The smallest absolute Gasteiger partial charge is 0.258 e. The van der Waals surface area contributed by atoms with E-state index in [-0.39, 0.29) is 11.8 Å². The molecule has 0 spiro atoms. The third-order valence-electron chi connectivity index (χ3n) is 4.74. The molecule has 5 nitrogen and oxygen atoms in total. The van der Waals surface area contributed by atoms with Gasteiger partial charge in [-0.25, -0.2) is 0 Å². The van der Waals surface area contributed by atoms with Crippen molar-refractivity contribution in [2.75, 3.05) is 16.8 Å². The van der Waals surface area contributed by atoms with Gasteiger partial charge in [0.05, 0.1) is 5.54 Å². The number of rotatable bonds is 3. The van der Waals surface area contributed by atoms with Crippen molar-refractivity contribution in [3.63, 3.8) is 0 Å². The molecule has 2 amide bonds. The molecule has 1 saturated carbocycles. The van der Waals surface area contributed by atoms with Crippen LogP contribution in [0.1, 0.15) is 28.8 Å². The number of para-hydroxylation sites is 1. The Hall–Kier alpha value is -2.66. The van der Waals surface area contributed by atoms with E-state index in [1.807, 2.05) is 18.2 Å². The predicted octanol–water partition coefficient (Wildman–Crippen LogP) is 2.32. The summed E-state index contributed by atoms with van der Waals surface area (Å²) >= 11 is 0. The minimum atomic E-state index is -0.728. The predicted molar refractivity (Wildman–Crippen MR) is 93.0 cm³/mol. The standard InChI is InChI=1S/C19H19N3O2/c20-19(9-10-19)18(24)21-15-6-3-5-14(12-15)17(23)22-11-8-13-4-1-2-7-16(13)22/h1-7,12H,8-11,20H2,(H,21,24). The largest absolute Gasteiger partial charge is 0.324 e. The van der Waals surface area contributed by atoms with Gasteiger partial charge in [-0.15, -0.1) is 0 Å². The number of carbonyl (C=O) groups is 2. The van der Waals surface area contributed by atoms with Gasteiger partial charge in [-0.05, 0) is 49.1 Å². The molecule has 0 unspecified atom stereocenters. The number of fused-ring (bicyclic) bond motifs is 1. The molecule has 0 radical (unpaired) electrons. The number of benzene rings is 2. The molecule has 5 heteroatoms. The molecule has 1 heterocycles. The summed E-state index contributed by atoms with van der Waals surface area (Å²) in [5.41, 5.74) is 8.50. The van der Waals surface area contributed by atoms with Gasteiger partial charge < -0.3 is 16.0 Å². The average molecular weight is 321 g/mol. The van der Waals surface area contributed by atoms with Crippen LogP contribution in [0.25, 0.3) is 0 Å². The lowest BCUT2D eigenvalue weighted by Gasteiger charge is -2.18. The van der Waals surface area contributed by atoms with E-state index in [1.54, 1.807) is 29.2 Å². The topological polar surface area (TPSA) is 75.4 Å². The number of anilines is 2. The zero-order chi connectivity index (χ0) is 16.7. The van der Waals surface area contributed by atoms with Crippen LogP contribution in [0.3, 0.4) is 0 Å². The number of amides is 2. The minimum absolute atomic E-state index is 0.0510. The summed E-state index contributed by atoms with van der Waals surface area (Å²) in [6, 6.07) is 15.0. The Morgan fingerprint density at radius 3 is 2.67 bits per heavy atom. The highest BCUT2D eigenvalue weighted by atomic mass is 16.2. The van der Waals surface area contributed by atoms with Crippen molar-refractivity contribution < 1.29 is 9.59 Å². The van der Waals surface area contributed by atoms with Crippen molar-refractivity contribution in [2.45, 2.75) is 24.8 Å². The third kappa shape index (κ3) is 2.57. The molecule has 0 atom stereocenters. The summed E-state index contributed by atoms with van der Waals surface area (Å²) < 4.78 is 0. The van der Waals surface area contributed by atoms with Crippen molar-refractivity contribution in [3.8, 4) is 0 Å². The lowest BCUT2D eigenvalue weighted by Crippen LogP contribution is -2.37. The first-order valence-corrected chi connectivity index (χ1v) is 8.17. The first-order valence-electron chi connectivity index (χ1n) is 8.17. The fourth-order valence-corrected chi connectivity index (χ4v) is 3.05. The number of hydrogen-bond donors (Lipinski definition) is 2. The van der Waals surface area contributed by atoms with E-state index in [1.165, 1.54) is 5.56 Å². The molecule has 1 fully saturated rings. The maximum atomic E-state index is 12.8. The summed E-state index contributed by atoms with van der Waals surface area (Å²) in [7, 11) is 0. The molecule has 0 bridgehead atoms. The zero-order valence-electron chi connectivity index (χ0n) is 13.3. The van der Waals surface area contributed by atoms with Crippen molar-refractivity contribution in [1.29, 1.82) is 0 Å². The summed E-state index contributed by atoms with van der Waals surface area (Å²) in [6.07, 6.45) is 2.29. The monoisotopic (exact) mass is 321 g/mol. The van der Waals surface area contributed by atoms with E-state index in [4.69, 9.17) is 5.73 Å². The van der Waals surface area contributed by atoms with E-state index in [0.29, 0.717) is 30.6 Å². The normalized spacial score (nSPS) is 17.3. The second-order valence-electron chi connectivity index (χ2n) is 6.53. The number of nitrogens with zero attached hydrogens (tertiary/aromatic N) is 1. The summed E-state index contributed by atoms with van der Waals surface area (Å²) in [4.78, 5) is 26.7. The summed E-state index contributed by atoms with van der Waals surface area (Å²) in [5, 5.41) is 2.81. The molecular formula is C19H19N3O2. The second-order valence-corrected chi connectivity index (χ2v) is 6.53. The van der Waals surface area contributed by atoms with Crippen molar-refractivity contribution >= 4 is 23.2 Å². The molecule has 1 aliphatic carbocycles. The lowest BCUT2D eigenvalue weighted by molar-refractivity contribution is -0.118. The molecule has 2 aromatic rings. The zero-order valence-corrected chi connectivity index (χ0v) is 13.3. The van der Waals surface area contributed by atoms with E-state index in [2.05, 4.69) is 11.4 Å². The Morgan fingerprint density at radius 1 is 1.08 bits per heavy atom. The van der Waals surface area contributed by atoms with E-state index in [0.717, 1.165) is 12.1 Å². The van der Waals surface area contributed by atoms with Crippen LogP contribution in [0.2, 0.25) is 0 Å². The van der Waals surface area contributed by atoms with Crippen LogP contribution in [0.15, 0.2) is 48.5 Å².